The van der Waals surface area contributed by atoms with Gasteiger partial charge in [0.1, 0.15) is 0 Å². The molecule has 1 heterocycles. The summed E-state index contributed by atoms with van der Waals surface area (Å²) in [5.41, 5.74) is 0.415. The summed E-state index contributed by atoms with van der Waals surface area (Å²) in [4.78, 5) is 1.10. The molecule has 0 unspecified atom stereocenters. The van der Waals surface area contributed by atoms with Crippen molar-refractivity contribution in [2.24, 2.45) is 0 Å². The van der Waals surface area contributed by atoms with Crippen LogP contribution in [0.2, 0.25) is 5.02 Å². The van der Waals surface area contributed by atoms with Gasteiger partial charge in [0.2, 0.25) is 0 Å². The van der Waals surface area contributed by atoms with Crippen molar-refractivity contribution in [1.29, 1.82) is 0 Å². The van der Waals surface area contributed by atoms with Crippen molar-refractivity contribution in [3.05, 3.63) is 48.2 Å². The van der Waals surface area contributed by atoms with Crippen LogP contribution in [-0.4, -0.2) is 0 Å². The zero-order valence-electron chi connectivity index (χ0n) is 8.44. The van der Waals surface area contributed by atoms with E-state index in [1.54, 1.807) is 23.5 Å². The second-order valence-corrected chi connectivity index (χ2v) is 7.01. The van der Waals surface area contributed by atoms with Gasteiger partial charge in [0.05, 0.1) is 14.5 Å². The minimum absolute atomic E-state index is 0.128. The summed E-state index contributed by atoms with van der Waals surface area (Å²) >= 11 is 14.1. The van der Waals surface area contributed by atoms with Crippen LogP contribution in [0.4, 0.5) is 10.1 Å². The highest BCUT2D eigenvalue weighted by atomic mass is 79.9. The molecule has 0 bridgehead atoms. The SMILES string of the molecule is Fc1c(Cl)cccc1NCc1cc(Br)c(Br)s1. The van der Waals surface area contributed by atoms with Crippen LogP contribution in [0, 0.1) is 5.82 Å². The van der Waals surface area contributed by atoms with Crippen molar-refractivity contribution in [2.75, 3.05) is 5.32 Å². The number of thiophene rings is 1. The Hall–Kier alpha value is -0.1000. The number of nitrogens with one attached hydrogen (secondary N) is 1. The summed E-state index contributed by atoms with van der Waals surface area (Å²) in [5.74, 6) is -0.413. The lowest BCUT2D eigenvalue weighted by Crippen LogP contribution is -1.99. The number of rotatable bonds is 3. The lowest BCUT2D eigenvalue weighted by molar-refractivity contribution is 0.630. The summed E-state index contributed by atoms with van der Waals surface area (Å²) in [7, 11) is 0. The van der Waals surface area contributed by atoms with Crippen LogP contribution < -0.4 is 5.32 Å². The molecule has 1 N–H and O–H groups in total. The maximum Gasteiger partial charge on any atom is 0.164 e. The molecule has 0 fully saturated rings. The van der Waals surface area contributed by atoms with Crippen LogP contribution in [0.5, 0.6) is 0 Å². The molecule has 0 radical (unpaired) electrons. The molecule has 2 aromatic rings. The Morgan fingerprint density at radius 1 is 1.35 bits per heavy atom. The summed E-state index contributed by atoms with van der Waals surface area (Å²) in [6.45, 7) is 0.562. The third-order valence-electron chi connectivity index (χ3n) is 2.10. The van der Waals surface area contributed by atoms with E-state index in [-0.39, 0.29) is 5.02 Å². The fourth-order valence-electron chi connectivity index (χ4n) is 1.30. The molecular weight excluding hydrogens is 392 g/mol. The molecule has 17 heavy (non-hydrogen) atoms. The van der Waals surface area contributed by atoms with E-state index in [9.17, 15) is 4.39 Å². The molecule has 90 valence electrons. The second kappa shape index (κ2) is 5.69. The lowest BCUT2D eigenvalue weighted by Gasteiger charge is -2.06. The van der Waals surface area contributed by atoms with Crippen molar-refractivity contribution in [1.82, 2.24) is 0 Å². The predicted octanol–water partition coefficient (Wildman–Crippen LogP) is 5.68. The molecule has 1 aromatic heterocycles. The number of hydrogen-bond donors (Lipinski definition) is 1. The Morgan fingerprint density at radius 2 is 2.12 bits per heavy atom. The zero-order valence-corrected chi connectivity index (χ0v) is 13.2. The van der Waals surface area contributed by atoms with Crippen LogP contribution in [0.1, 0.15) is 4.88 Å². The summed E-state index contributed by atoms with van der Waals surface area (Å²) in [5, 5.41) is 3.15. The molecule has 2 rings (SSSR count). The van der Waals surface area contributed by atoms with Gasteiger partial charge in [0, 0.05) is 15.9 Å². The largest absolute Gasteiger partial charge is 0.378 e. The maximum atomic E-state index is 13.6. The fraction of sp³-hybridized carbons (Fsp3) is 0.0909. The zero-order chi connectivity index (χ0) is 12.4. The normalized spacial score (nSPS) is 10.6. The highest BCUT2D eigenvalue weighted by molar-refractivity contribution is 9.13. The van der Waals surface area contributed by atoms with Crippen LogP contribution >= 0.6 is 54.8 Å². The van der Waals surface area contributed by atoms with Gasteiger partial charge < -0.3 is 5.32 Å². The van der Waals surface area contributed by atoms with Crippen LogP contribution in [0.25, 0.3) is 0 Å². The molecule has 0 aliphatic rings. The van der Waals surface area contributed by atoms with E-state index in [0.717, 1.165) is 13.1 Å². The Balaban J connectivity index is 2.10. The Morgan fingerprint density at radius 3 is 2.76 bits per heavy atom. The van der Waals surface area contributed by atoms with Gasteiger partial charge in [-0.25, -0.2) is 4.39 Å². The van der Waals surface area contributed by atoms with Gasteiger partial charge in [-0.05, 0) is 50.1 Å². The molecule has 0 amide bonds. The van der Waals surface area contributed by atoms with E-state index in [0.29, 0.717) is 12.2 Å². The van der Waals surface area contributed by atoms with E-state index < -0.39 is 5.82 Å². The van der Waals surface area contributed by atoms with Gasteiger partial charge in [-0.2, -0.15) is 0 Å². The van der Waals surface area contributed by atoms with E-state index in [1.165, 1.54) is 6.07 Å². The maximum absolute atomic E-state index is 13.6. The fourth-order valence-corrected chi connectivity index (χ4v) is 3.59. The third kappa shape index (κ3) is 3.22. The molecule has 1 aromatic carbocycles. The molecule has 0 aliphatic carbocycles. The Bertz CT molecular complexity index is 525. The van der Waals surface area contributed by atoms with E-state index in [2.05, 4.69) is 37.2 Å². The highest BCUT2D eigenvalue weighted by Crippen LogP contribution is 2.33. The highest BCUT2D eigenvalue weighted by Gasteiger charge is 2.07. The number of halogens is 4. The molecule has 0 spiro atoms. The lowest BCUT2D eigenvalue weighted by atomic mass is 10.3. The molecule has 0 saturated carbocycles. The van der Waals surface area contributed by atoms with Gasteiger partial charge in [-0.3, -0.25) is 0 Å². The number of hydrogen-bond acceptors (Lipinski definition) is 2. The summed E-state index contributed by atoms with van der Waals surface area (Å²) in [6.07, 6.45) is 0. The smallest absolute Gasteiger partial charge is 0.164 e. The Labute approximate surface area is 124 Å². The molecular formula is C11H7Br2ClFNS. The summed E-state index contributed by atoms with van der Waals surface area (Å²) in [6, 6.07) is 6.90. The average molecular weight is 400 g/mol. The van der Waals surface area contributed by atoms with Crippen molar-refractivity contribution in [2.45, 2.75) is 6.54 Å². The first kappa shape index (κ1) is 13.3. The quantitative estimate of drug-likeness (QED) is 0.700. The van der Waals surface area contributed by atoms with Gasteiger partial charge in [-0.1, -0.05) is 17.7 Å². The summed E-state index contributed by atoms with van der Waals surface area (Å²) < 4.78 is 15.6. The van der Waals surface area contributed by atoms with Gasteiger partial charge in [0.15, 0.2) is 5.82 Å². The van der Waals surface area contributed by atoms with Crippen LogP contribution in [0.3, 0.4) is 0 Å². The van der Waals surface area contributed by atoms with Crippen LogP contribution in [-0.2, 0) is 6.54 Å². The number of benzene rings is 1. The molecule has 1 nitrogen and oxygen atoms in total. The topological polar surface area (TPSA) is 12.0 Å². The molecule has 6 heteroatoms. The second-order valence-electron chi connectivity index (χ2n) is 3.29. The van der Waals surface area contributed by atoms with Crippen molar-refractivity contribution >= 4 is 60.5 Å². The standard InChI is InChI=1S/C11H7Br2ClFNS/c12-7-4-6(17-11(7)13)5-16-9-3-1-2-8(14)10(9)15/h1-4,16H,5H2. The first-order valence-corrected chi connectivity index (χ1v) is 7.47. The third-order valence-corrected chi connectivity index (χ3v) is 5.65. The molecule has 0 aliphatic heterocycles. The van der Waals surface area contributed by atoms with Gasteiger partial charge in [0.25, 0.3) is 0 Å². The first-order chi connectivity index (χ1) is 8.08. The van der Waals surface area contributed by atoms with Gasteiger partial charge >= 0.3 is 0 Å². The molecule has 0 atom stereocenters. The molecule has 0 saturated heterocycles. The average Bonchev–Trinajstić information content (AvgIpc) is 2.61. The minimum atomic E-state index is -0.413. The van der Waals surface area contributed by atoms with Crippen molar-refractivity contribution < 1.29 is 4.39 Å². The van der Waals surface area contributed by atoms with Crippen molar-refractivity contribution in [3.63, 3.8) is 0 Å². The van der Waals surface area contributed by atoms with Crippen molar-refractivity contribution in [3.8, 4) is 0 Å². The van der Waals surface area contributed by atoms with E-state index in [4.69, 9.17) is 11.6 Å². The van der Waals surface area contributed by atoms with E-state index in [1.807, 2.05) is 6.07 Å². The van der Waals surface area contributed by atoms with E-state index >= 15 is 0 Å². The monoisotopic (exact) mass is 397 g/mol. The van der Waals surface area contributed by atoms with Crippen LogP contribution in [0.15, 0.2) is 32.5 Å². The predicted molar refractivity (Wildman–Crippen MR) is 78.5 cm³/mol. The Kier molecular flexibility index (Phi) is 4.47. The minimum Gasteiger partial charge on any atom is -0.378 e. The number of anilines is 1. The van der Waals surface area contributed by atoms with Gasteiger partial charge in [-0.15, -0.1) is 11.3 Å². The first-order valence-electron chi connectivity index (χ1n) is 4.69.